The molecule has 2 rings (SSSR count). The van der Waals surface area contributed by atoms with Crippen LogP contribution in [0.4, 0.5) is 0 Å². The number of rotatable bonds is 4. The van der Waals surface area contributed by atoms with Gasteiger partial charge < -0.3 is 4.90 Å². The molecule has 0 spiro atoms. The van der Waals surface area contributed by atoms with Gasteiger partial charge in [-0.15, -0.1) is 11.6 Å². The maximum absolute atomic E-state index is 12.4. The maximum Gasteiger partial charge on any atom is 0.241 e. The summed E-state index contributed by atoms with van der Waals surface area (Å²) in [6.45, 7) is 0.469. The van der Waals surface area contributed by atoms with E-state index in [0.717, 1.165) is 25.7 Å². The highest BCUT2D eigenvalue weighted by molar-refractivity contribution is 7.92. The van der Waals surface area contributed by atoms with Crippen LogP contribution in [-0.4, -0.2) is 48.7 Å². The lowest BCUT2D eigenvalue weighted by atomic mass is 9.91. The molecule has 0 aromatic carbocycles. The standard InChI is InChI=1S/C12H20ClNO3S/c13-7-8-14(10-4-3-5-10)12(15)11-6-1-2-9-18(11,16)17/h10-11H,1-9H2. The van der Waals surface area contributed by atoms with E-state index in [1.165, 1.54) is 0 Å². The number of hydrogen-bond donors (Lipinski definition) is 0. The summed E-state index contributed by atoms with van der Waals surface area (Å²) in [5.41, 5.74) is 0. The lowest BCUT2D eigenvalue weighted by molar-refractivity contribution is -0.134. The quantitative estimate of drug-likeness (QED) is 0.740. The molecule has 1 unspecified atom stereocenters. The number of hydrogen-bond acceptors (Lipinski definition) is 3. The highest BCUT2D eigenvalue weighted by Gasteiger charge is 2.40. The minimum absolute atomic E-state index is 0.156. The number of nitrogens with zero attached hydrogens (tertiary/aromatic N) is 1. The van der Waals surface area contributed by atoms with Gasteiger partial charge in [0.25, 0.3) is 0 Å². The number of amides is 1. The normalized spacial score (nSPS) is 27.5. The SMILES string of the molecule is O=C(C1CCCCS1(=O)=O)N(CCCl)C1CCC1. The minimum atomic E-state index is -3.24. The van der Waals surface area contributed by atoms with E-state index in [1.807, 2.05) is 0 Å². The molecule has 1 amide bonds. The number of sulfone groups is 1. The summed E-state index contributed by atoms with van der Waals surface area (Å²) in [4.78, 5) is 14.1. The van der Waals surface area contributed by atoms with E-state index in [4.69, 9.17) is 11.6 Å². The molecule has 2 fully saturated rings. The fourth-order valence-electron chi connectivity index (χ4n) is 2.68. The van der Waals surface area contributed by atoms with Crippen LogP contribution in [0, 0.1) is 0 Å². The molecule has 1 aliphatic heterocycles. The Morgan fingerprint density at radius 3 is 2.39 bits per heavy atom. The van der Waals surface area contributed by atoms with Crippen molar-refractivity contribution in [1.29, 1.82) is 0 Å². The van der Waals surface area contributed by atoms with Crippen molar-refractivity contribution < 1.29 is 13.2 Å². The van der Waals surface area contributed by atoms with Crippen LogP contribution in [0.3, 0.4) is 0 Å². The first kappa shape index (κ1) is 14.1. The third-order valence-electron chi connectivity index (χ3n) is 3.98. The summed E-state index contributed by atoms with van der Waals surface area (Å²) in [6, 6.07) is 0.216. The van der Waals surface area contributed by atoms with Crippen molar-refractivity contribution in [1.82, 2.24) is 4.90 Å². The minimum Gasteiger partial charge on any atom is -0.337 e. The zero-order chi connectivity index (χ0) is 13.2. The van der Waals surface area contributed by atoms with Gasteiger partial charge in [-0.25, -0.2) is 8.42 Å². The van der Waals surface area contributed by atoms with Gasteiger partial charge in [0.05, 0.1) is 5.75 Å². The van der Waals surface area contributed by atoms with Crippen molar-refractivity contribution in [3.05, 3.63) is 0 Å². The van der Waals surface area contributed by atoms with Gasteiger partial charge >= 0.3 is 0 Å². The van der Waals surface area contributed by atoms with Crippen molar-refractivity contribution in [2.75, 3.05) is 18.2 Å². The van der Waals surface area contributed by atoms with Gasteiger partial charge in [0.15, 0.2) is 9.84 Å². The van der Waals surface area contributed by atoms with Crippen LogP contribution in [0.5, 0.6) is 0 Å². The monoisotopic (exact) mass is 293 g/mol. The molecule has 6 heteroatoms. The maximum atomic E-state index is 12.4. The van der Waals surface area contributed by atoms with Crippen LogP contribution in [0.1, 0.15) is 38.5 Å². The van der Waals surface area contributed by atoms with E-state index in [0.29, 0.717) is 25.3 Å². The predicted octanol–water partition coefficient (Wildman–Crippen LogP) is 1.57. The van der Waals surface area contributed by atoms with Gasteiger partial charge in [-0.1, -0.05) is 6.42 Å². The van der Waals surface area contributed by atoms with E-state index < -0.39 is 15.1 Å². The Morgan fingerprint density at radius 1 is 1.17 bits per heavy atom. The smallest absolute Gasteiger partial charge is 0.241 e. The largest absolute Gasteiger partial charge is 0.337 e. The van der Waals surface area contributed by atoms with Gasteiger partial charge in [-0.3, -0.25) is 4.79 Å². The van der Waals surface area contributed by atoms with Crippen LogP contribution in [-0.2, 0) is 14.6 Å². The molecular formula is C12H20ClNO3S. The molecule has 1 saturated carbocycles. The Bertz CT molecular complexity index is 406. The molecule has 1 atom stereocenters. The Morgan fingerprint density at radius 2 is 1.89 bits per heavy atom. The zero-order valence-corrected chi connectivity index (χ0v) is 12.0. The Balaban J connectivity index is 2.11. The second-order valence-corrected chi connectivity index (χ2v) is 7.84. The fourth-order valence-corrected chi connectivity index (χ4v) is 4.72. The summed E-state index contributed by atoms with van der Waals surface area (Å²) in [6.07, 6.45) is 5.08. The van der Waals surface area contributed by atoms with E-state index >= 15 is 0 Å². The van der Waals surface area contributed by atoms with Crippen LogP contribution >= 0.6 is 11.6 Å². The summed E-state index contributed by atoms with van der Waals surface area (Å²) >= 11 is 5.73. The third-order valence-corrected chi connectivity index (χ3v) is 6.31. The average Bonchev–Trinajstić information content (AvgIpc) is 2.24. The zero-order valence-electron chi connectivity index (χ0n) is 10.5. The number of alkyl halides is 1. The molecule has 104 valence electrons. The number of halogens is 1. The molecule has 0 bridgehead atoms. The van der Waals surface area contributed by atoms with Crippen LogP contribution < -0.4 is 0 Å². The van der Waals surface area contributed by atoms with Crippen LogP contribution in [0.25, 0.3) is 0 Å². The number of carbonyl (C=O) groups excluding carboxylic acids is 1. The van der Waals surface area contributed by atoms with Gasteiger partial charge in [0.1, 0.15) is 5.25 Å². The number of carbonyl (C=O) groups is 1. The Labute approximate surface area is 114 Å². The molecule has 2 aliphatic rings. The van der Waals surface area contributed by atoms with E-state index in [1.54, 1.807) is 4.90 Å². The third kappa shape index (κ3) is 2.82. The molecule has 18 heavy (non-hydrogen) atoms. The van der Waals surface area contributed by atoms with E-state index in [9.17, 15) is 13.2 Å². The molecule has 0 aromatic rings. The fraction of sp³-hybridized carbons (Fsp3) is 0.917. The Kier molecular flexibility index (Phi) is 4.54. The van der Waals surface area contributed by atoms with E-state index in [-0.39, 0.29) is 17.7 Å². The molecule has 1 heterocycles. The summed E-state index contributed by atoms with van der Waals surface area (Å²) in [7, 11) is -3.24. The summed E-state index contributed by atoms with van der Waals surface area (Å²) < 4.78 is 24.0. The molecule has 1 saturated heterocycles. The molecule has 4 nitrogen and oxygen atoms in total. The highest BCUT2D eigenvalue weighted by atomic mass is 35.5. The lowest BCUT2D eigenvalue weighted by Gasteiger charge is -2.39. The first-order chi connectivity index (χ1) is 8.56. The average molecular weight is 294 g/mol. The van der Waals surface area contributed by atoms with Gasteiger partial charge in [0.2, 0.25) is 5.91 Å². The molecular weight excluding hydrogens is 274 g/mol. The van der Waals surface area contributed by atoms with Crippen molar-refractivity contribution in [2.24, 2.45) is 0 Å². The lowest BCUT2D eigenvalue weighted by Crippen LogP contribution is -2.52. The molecule has 1 aliphatic carbocycles. The summed E-state index contributed by atoms with van der Waals surface area (Å²) in [5, 5.41) is -0.810. The first-order valence-electron chi connectivity index (χ1n) is 6.64. The van der Waals surface area contributed by atoms with Crippen molar-refractivity contribution >= 4 is 27.3 Å². The molecule has 0 N–H and O–H groups in total. The van der Waals surface area contributed by atoms with Crippen molar-refractivity contribution in [2.45, 2.75) is 49.8 Å². The van der Waals surface area contributed by atoms with Gasteiger partial charge in [-0.2, -0.15) is 0 Å². The van der Waals surface area contributed by atoms with Crippen LogP contribution in [0.2, 0.25) is 0 Å². The first-order valence-corrected chi connectivity index (χ1v) is 8.89. The van der Waals surface area contributed by atoms with E-state index in [2.05, 4.69) is 0 Å². The molecule has 0 radical (unpaired) electrons. The van der Waals surface area contributed by atoms with Crippen LogP contribution in [0.15, 0.2) is 0 Å². The summed E-state index contributed by atoms with van der Waals surface area (Å²) in [5.74, 6) is 0.317. The molecule has 0 aromatic heterocycles. The van der Waals surface area contributed by atoms with Gasteiger partial charge in [-0.05, 0) is 32.1 Å². The predicted molar refractivity (Wildman–Crippen MR) is 71.5 cm³/mol. The second kappa shape index (κ2) is 5.78. The second-order valence-electron chi connectivity index (χ2n) is 5.16. The topological polar surface area (TPSA) is 54.5 Å². The van der Waals surface area contributed by atoms with Crippen molar-refractivity contribution in [3.63, 3.8) is 0 Å². The Hall–Kier alpha value is -0.290. The highest BCUT2D eigenvalue weighted by Crippen LogP contribution is 2.28. The van der Waals surface area contributed by atoms with Gasteiger partial charge in [0, 0.05) is 18.5 Å². The van der Waals surface area contributed by atoms with Crippen molar-refractivity contribution in [3.8, 4) is 0 Å².